The van der Waals surface area contributed by atoms with Crippen LogP contribution in [0.3, 0.4) is 0 Å². The third-order valence-electron chi connectivity index (χ3n) is 5.44. The molecule has 0 aliphatic carbocycles. The Kier molecular flexibility index (Phi) is 4.26. The topological polar surface area (TPSA) is 39.1 Å². The van der Waals surface area contributed by atoms with E-state index in [0.29, 0.717) is 6.61 Å². The van der Waals surface area contributed by atoms with Crippen LogP contribution in [0, 0.1) is 0 Å². The molecule has 2 aromatic heterocycles. The Hall–Kier alpha value is -2.85. The van der Waals surface area contributed by atoms with Crippen molar-refractivity contribution in [1.82, 2.24) is 14.9 Å². The molecule has 4 aromatic rings. The zero-order valence-electron chi connectivity index (χ0n) is 15.3. The lowest BCUT2D eigenvalue weighted by Crippen LogP contribution is -2.16. The van der Waals surface area contributed by atoms with Crippen LogP contribution in [0.2, 0.25) is 0 Å². The molecule has 0 amide bonds. The van der Waals surface area contributed by atoms with Gasteiger partial charge >= 0.3 is 0 Å². The van der Waals surface area contributed by atoms with Crippen molar-refractivity contribution in [2.45, 2.75) is 19.4 Å². The normalized spacial score (nSPS) is 14.2. The highest BCUT2D eigenvalue weighted by atomic mass is 16.5. The number of rotatable bonds is 4. The zero-order valence-corrected chi connectivity index (χ0v) is 15.3. The second kappa shape index (κ2) is 7.05. The van der Waals surface area contributed by atoms with Crippen LogP contribution in [-0.2, 0) is 19.4 Å². The monoisotopic (exact) mass is 357 g/mol. The van der Waals surface area contributed by atoms with Gasteiger partial charge < -0.3 is 14.6 Å². The number of para-hydroxylation sites is 1. The first kappa shape index (κ1) is 16.3. The van der Waals surface area contributed by atoms with Crippen molar-refractivity contribution >= 4 is 21.8 Å². The number of hydrogen-bond donors (Lipinski definition) is 1. The lowest BCUT2D eigenvalue weighted by Gasteiger charge is -2.13. The van der Waals surface area contributed by atoms with E-state index >= 15 is 0 Å². The average Bonchev–Trinajstić information content (AvgIpc) is 2.97. The van der Waals surface area contributed by atoms with Crippen LogP contribution in [-0.4, -0.2) is 29.2 Å². The van der Waals surface area contributed by atoms with E-state index in [1.807, 2.05) is 24.4 Å². The summed E-state index contributed by atoms with van der Waals surface area (Å²) in [5.41, 5.74) is 5.27. The summed E-state index contributed by atoms with van der Waals surface area (Å²) in [4.78, 5) is 4.48. The molecule has 0 saturated carbocycles. The van der Waals surface area contributed by atoms with Gasteiger partial charge in [-0.15, -0.1) is 0 Å². The number of fused-ring (bicyclic) bond motifs is 4. The van der Waals surface area contributed by atoms with Gasteiger partial charge in [-0.2, -0.15) is 0 Å². The Labute approximate surface area is 158 Å². The van der Waals surface area contributed by atoms with E-state index < -0.39 is 0 Å². The maximum absolute atomic E-state index is 6.11. The summed E-state index contributed by atoms with van der Waals surface area (Å²) < 4.78 is 8.46. The van der Waals surface area contributed by atoms with E-state index in [4.69, 9.17) is 4.74 Å². The molecule has 0 unspecified atom stereocenters. The number of nitrogens with zero attached hydrogens (tertiary/aromatic N) is 2. The van der Waals surface area contributed by atoms with Gasteiger partial charge in [0.1, 0.15) is 17.9 Å². The Bertz CT molecular complexity index is 1090. The van der Waals surface area contributed by atoms with Gasteiger partial charge in [0.2, 0.25) is 0 Å². The molecule has 4 heteroatoms. The largest absolute Gasteiger partial charge is 0.489 e. The molecule has 2 aromatic carbocycles. The first-order valence-corrected chi connectivity index (χ1v) is 9.67. The van der Waals surface area contributed by atoms with Crippen LogP contribution in [0.1, 0.15) is 11.1 Å². The predicted molar refractivity (Wildman–Crippen MR) is 109 cm³/mol. The standard InChI is InChI=1S/C23H23N3O/c1-3-18-4-2-11-25-22(18)21(5-1)27-16-15-26-14-10-19-7-6-17-8-12-24-13-9-20(17)23(19)26/h1-7,10-11,14,24H,8-9,12-13,15-16H2. The fourth-order valence-corrected chi connectivity index (χ4v) is 4.12. The third kappa shape index (κ3) is 3.06. The average molecular weight is 357 g/mol. The molecule has 0 fully saturated rings. The minimum atomic E-state index is 0.626. The number of aromatic nitrogens is 2. The molecule has 1 N–H and O–H groups in total. The van der Waals surface area contributed by atoms with Gasteiger partial charge in [0, 0.05) is 17.8 Å². The minimum absolute atomic E-state index is 0.626. The van der Waals surface area contributed by atoms with Crippen molar-refractivity contribution in [2.75, 3.05) is 19.7 Å². The molecule has 4 nitrogen and oxygen atoms in total. The first-order valence-electron chi connectivity index (χ1n) is 9.67. The van der Waals surface area contributed by atoms with Crippen molar-refractivity contribution in [1.29, 1.82) is 0 Å². The second-order valence-corrected chi connectivity index (χ2v) is 7.08. The van der Waals surface area contributed by atoms with Crippen molar-refractivity contribution in [3.63, 3.8) is 0 Å². The van der Waals surface area contributed by atoms with Gasteiger partial charge in [0.25, 0.3) is 0 Å². The van der Waals surface area contributed by atoms with Crippen LogP contribution < -0.4 is 10.1 Å². The Morgan fingerprint density at radius 2 is 1.89 bits per heavy atom. The summed E-state index contributed by atoms with van der Waals surface area (Å²) in [6.45, 7) is 3.57. The number of ether oxygens (including phenoxy) is 1. The molecule has 0 bridgehead atoms. The Morgan fingerprint density at radius 3 is 2.89 bits per heavy atom. The van der Waals surface area contributed by atoms with E-state index in [1.165, 1.54) is 22.0 Å². The molecule has 5 rings (SSSR count). The minimum Gasteiger partial charge on any atom is -0.489 e. The summed E-state index contributed by atoms with van der Waals surface area (Å²) in [6.07, 6.45) is 6.20. The SMILES string of the molecule is c1cnc2c(OCCn3ccc4ccc5c(c43)CCNCC5)cccc2c1. The first-order chi connectivity index (χ1) is 13.4. The molecule has 3 heterocycles. The molecule has 0 atom stereocenters. The van der Waals surface area contributed by atoms with Gasteiger partial charge in [-0.1, -0.05) is 30.3 Å². The second-order valence-electron chi connectivity index (χ2n) is 7.08. The van der Waals surface area contributed by atoms with Crippen LogP contribution in [0.4, 0.5) is 0 Å². The van der Waals surface area contributed by atoms with Gasteiger partial charge in [0.15, 0.2) is 0 Å². The highest BCUT2D eigenvalue weighted by Crippen LogP contribution is 2.27. The lowest BCUT2D eigenvalue weighted by atomic mass is 10.00. The fourth-order valence-electron chi connectivity index (χ4n) is 4.12. The third-order valence-corrected chi connectivity index (χ3v) is 5.44. The molecule has 27 heavy (non-hydrogen) atoms. The van der Waals surface area contributed by atoms with Crippen LogP contribution in [0.15, 0.2) is 60.9 Å². The van der Waals surface area contributed by atoms with Crippen molar-refractivity contribution in [3.8, 4) is 5.75 Å². The van der Waals surface area contributed by atoms with Crippen molar-refractivity contribution in [3.05, 3.63) is 72.1 Å². The quantitative estimate of drug-likeness (QED) is 0.601. The van der Waals surface area contributed by atoms with Crippen LogP contribution >= 0.6 is 0 Å². The van der Waals surface area contributed by atoms with E-state index in [2.05, 4.69) is 51.4 Å². The molecule has 136 valence electrons. The summed E-state index contributed by atoms with van der Waals surface area (Å²) in [7, 11) is 0. The number of nitrogens with one attached hydrogen (secondary N) is 1. The Balaban J connectivity index is 1.40. The maximum Gasteiger partial charge on any atom is 0.145 e. The lowest BCUT2D eigenvalue weighted by molar-refractivity contribution is 0.303. The number of benzene rings is 2. The van der Waals surface area contributed by atoms with Gasteiger partial charge in [-0.3, -0.25) is 4.98 Å². The summed E-state index contributed by atoms with van der Waals surface area (Å²) >= 11 is 0. The smallest absolute Gasteiger partial charge is 0.145 e. The fraction of sp³-hybridized carbons (Fsp3) is 0.261. The number of pyridine rings is 1. The molecular weight excluding hydrogens is 334 g/mol. The van der Waals surface area contributed by atoms with Gasteiger partial charge in [-0.25, -0.2) is 0 Å². The molecular formula is C23H23N3O. The van der Waals surface area contributed by atoms with Crippen LogP contribution in [0.25, 0.3) is 21.8 Å². The van der Waals surface area contributed by atoms with Crippen molar-refractivity contribution < 1.29 is 4.74 Å². The molecule has 1 aliphatic rings. The van der Waals surface area contributed by atoms with E-state index in [0.717, 1.165) is 49.1 Å². The molecule has 0 radical (unpaired) electrons. The summed E-state index contributed by atoms with van der Waals surface area (Å²) in [5, 5.41) is 5.94. The van der Waals surface area contributed by atoms with Crippen LogP contribution in [0.5, 0.6) is 5.75 Å². The summed E-state index contributed by atoms with van der Waals surface area (Å²) in [6, 6.07) is 16.9. The highest BCUT2D eigenvalue weighted by Gasteiger charge is 2.14. The van der Waals surface area contributed by atoms with E-state index in [-0.39, 0.29) is 0 Å². The van der Waals surface area contributed by atoms with E-state index in [9.17, 15) is 0 Å². The van der Waals surface area contributed by atoms with Gasteiger partial charge in [-0.05, 0) is 60.6 Å². The number of hydrogen-bond acceptors (Lipinski definition) is 3. The van der Waals surface area contributed by atoms with E-state index in [1.54, 1.807) is 0 Å². The molecule has 0 spiro atoms. The predicted octanol–water partition coefficient (Wildman–Crippen LogP) is 3.96. The maximum atomic E-state index is 6.11. The molecule has 0 saturated heterocycles. The molecule has 1 aliphatic heterocycles. The summed E-state index contributed by atoms with van der Waals surface area (Å²) in [5.74, 6) is 0.854. The van der Waals surface area contributed by atoms with Crippen molar-refractivity contribution in [2.24, 2.45) is 0 Å². The highest BCUT2D eigenvalue weighted by molar-refractivity contribution is 5.85. The van der Waals surface area contributed by atoms with Gasteiger partial charge in [0.05, 0.1) is 12.1 Å². The Morgan fingerprint density at radius 1 is 0.963 bits per heavy atom. The zero-order chi connectivity index (χ0) is 18.1.